The van der Waals surface area contributed by atoms with Crippen molar-refractivity contribution in [3.05, 3.63) is 17.0 Å². The standard InChI is InChI=1S/C9H12ClNO4S2/c1-2-15-4-3-11-9(12)7-5-8(16-6-7)17(10,13)14/h5-6H,2-4H2,1H3,(H,11,12). The van der Waals surface area contributed by atoms with Gasteiger partial charge in [-0.1, -0.05) is 0 Å². The number of halogens is 1. The number of nitrogens with one attached hydrogen (secondary N) is 1. The molecule has 0 aliphatic rings. The molecule has 5 nitrogen and oxygen atoms in total. The van der Waals surface area contributed by atoms with Crippen LogP contribution in [0.2, 0.25) is 0 Å². The molecule has 0 saturated heterocycles. The predicted octanol–water partition coefficient (Wildman–Crippen LogP) is 1.44. The molecule has 1 rings (SSSR count). The van der Waals surface area contributed by atoms with Gasteiger partial charge in [0.25, 0.3) is 15.0 Å². The molecule has 1 aromatic heterocycles. The highest BCUT2D eigenvalue weighted by Crippen LogP contribution is 2.23. The molecule has 0 spiro atoms. The first kappa shape index (κ1) is 14.4. The van der Waals surface area contributed by atoms with Gasteiger partial charge in [-0.25, -0.2) is 8.42 Å². The van der Waals surface area contributed by atoms with Gasteiger partial charge in [-0.2, -0.15) is 0 Å². The average Bonchev–Trinajstić information content (AvgIpc) is 2.72. The highest BCUT2D eigenvalue weighted by Gasteiger charge is 2.16. The maximum Gasteiger partial charge on any atom is 0.270 e. The summed E-state index contributed by atoms with van der Waals surface area (Å²) in [6.45, 7) is 3.25. The SMILES string of the molecule is CCOCCNC(=O)c1csc(S(=O)(=O)Cl)c1. The van der Waals surface area contributed by atoms with Crippen LogP contribution >= 0.6 is 22.0 Å². The third-order valence-corrected chi connectivity index (χ3v) is 4.85. The summed E-state index contributed by atoms with van der Waals surface area (Å²) in [5.41, 5.74) is 0.283. The van der Waals surface area contributed by atoms with Crippen molar-refractivity contribution in [2.45, 2.75) is 11.1 Å². The highest BCUT2D eigenvalue weighted by molar-refractivity contribution is 8.15. The third-order valence-electron chi connectivity index (χ3n) is 1.81. The van der Waals surface area contributed by atoms with E-state index < -0.39 is 9.05 Å². The molecular formula is C9H12ClNO4S2. The average molecular weight is 298 g/mol. The minimum atomic E-state index is -3.76. The van der Waals surface area contributed by atoms with Crippen LogP contribution in [-0.4, -0.2) is 34.1 Å². The van der Waals surface area contributed by atoms with Crippen molar-refractivity contribution in [3.8, 4) is 0 Å². The molecule has 1 amide bonds. The van der Waals surface area contributed by atoms with E-state index in [0.717, 1.165) is 11.3 Å². The number of hydrogen-bond donors (Lipinski definition) is 1. The first-order valence-electron chi connectivity index (χ1n) is 4.84. The molecule has 96 valence electrons. The third kappa shape index (κ3) is 4.63. The van der Waals surface area contributed by atoms with Crippen LogP contribution in [0.5, 0.6) is 0 Å². The minimum absolute atomic E-state index is 0.0332. The molecule has 0 unspecified atom stereocenters. The Labute approximate surface area is 108 Å². The van der Waals surface area contributed by atoms with Crippen molar-refractivity contribution in [2.75, 3.05) is 19.8 Å². The van der Waals surface area contributed by atoms with E-state index >= 15 is 0 Å². The van der Waals surface area contributed by atoms with E-state index in [-0.39, 0.29) is 15.7 Å². The van der Waals surface area contributed by atoms with Crippen molar-refractivity contribution < 1.29 is 17.9 Å². The Hall–Kier alpha value is -0.630. The van der Waals surface area contributed by atoms with Crippen LogP contribution in [0.3, 0.4) is 0 Å². The summed E-state index contributed by atoms with van der Waals surface area (Å²) in [6, 6.07) is 1.25. The van der Waals surface area contributed by atoms with Gasteiger partial charge in [-0.3, -0.25) is 4.79 Å². The summed E-state index contributed by atoms with van der Waals surface area (Å²) in [5, 5.41) is 4.05. The predicted molar refractivity (Wildman–Crippen MR) is 66.2 cm³/mol. The van der Waals surface area contributed by atoms with E-state index in [2.05, 4.69) is 5.32 Å². The lowest BCUT2D eigenvalue weighted by atomic mass is 10.3. The molecule has 0 saturated carbocycles. The number of ether oxygens (including phenoxy) is 1. The van der Waals surface area contributed by atoms with Crippen LogP contribution in [0.1, 0.15) is 17.3 Å². The number of hydrogen-bond acceptors (Lipinski definition) is 5. The van der Waals surface area contributed by atoms with E-state index in [1.165, 1.54) is 11.4 Å². The van der Waals surface area contributed by atoms with E-state index in [1.807, 2.05) is 6.92 Å². The molecule has 0 aliphatic carbocycles. The summed E-state index contributed by atoms with van der Waals surface area (Å²) in [6.07, 6.45) is 0. The Balaban J connectivity index is 2.56. The maximum absolute atomic E-state index is 11.6. The fourth-order valence-corrected chi connectivity index (χ4v) is 2.99. The molecular weight excluding hydrogens is 286 g/mol. The van der Waals surface area contributed by atoms with E-state index in [0.29, 0.717) is 19.8 Å². The second kappa shape index (κ2) is 6.34. The van der Waals surface area contributed by atoms with E-state index in [4.69, 9.17) is 15.4 Å². The molecule has 0 radical (unpaired) electrons. The number of thiophene rings is 1. The van der Waals surface area contributed by atoms with Gasteiger partial charge in [0.1, 0.15) is 4.21 Å². The fraction of sp³-hybridized carbons (Fsp3) is 0.444. The Bertz CT molecular complexity index is 483. The van der Waals surface area contributed by atoms with E-state index in [1.54, 1.807) is 0 Å². The summed E-state index contributed by atoms with van der Waals surface area (Å²) < 4.78 is 27.0. The highest BCUT2D eigenvalue weighted by atomic mass is 35.7. The van der Waals surface area contributed by atoms with Gasteiger partial charge in [-0.15, -0.1) is 11.3 Å². The van der Waals surface area contributed by atoms with Crippen molar-refractivity contribution >= 4 is 37.0 Å². The summed E-state index contributed by atoms with van der Waals surface area (Å²) in [7, 11) is 1.39. The quantitative estimate of drug-likeness (QED) is 0.637. The van der Waals surface area contributed by atoms with Gasteiger partial charge in [-0.05, 0) is 13.0 Å². The molecule has 0 aliphatic heterocycles. The van der Waals surface area contributed by atoms with Crippen LogP contribution in [-0.2, 0) is 13.8 Å². The second-order valence-electron chi connectivity index (χ2n) is 3.05. The van der Waals surface area contributed by atoms with Crippen LogP contribution in [0.4, 0.5) is 0 Å². The van der Waals surface area contributed by atoms with Crippen molar-refractivity contribution in [3.63, 3.8) is 0 Å². The van der Waals surface area contributed by atoms with Crippen LogP contribution < -0.4 is 5.32 Å². The number of amides is 1. The molecule has 1 heterocycles. The van der Waals surface area contributed by atoms with Crippen molar-refractivity contribution in [1.82, 2.24) is 5.32 Å². The van der Waals surface area contributed by atoms with Gasteiger partial charge in [0.15, 0.2) is 0 Å². The van der Waals surface area contributed by atoms with Gasteiger partial charge in [0.05, 0.1) is 12.2 Å². The van der Waals surface area contributed by atoms with Crippen molar-refractivity contribution in [1.29, 1.82) is 0 Å². The topological polar surface area (TPSA) is 72.5 Å². The zero-order chi connectivity index (χ0) is 12.9. The zero-order valence-electron chi connectivity index (χ0n) is 9.10. The normalized spacial score (nSPS) is 11.4. The molecule has 0 bridgehead atoms. The van der Waals surface area contributed by atoms with Gasteiger partial charge >= 0.3 is 0 Å². The molecule has 1 N–H and O–H groups in total. The Morgan fingerprint density at radius 1 is 1.59 bits per heavy atom. The molecule has 0 aromatic carbocycles. The zero-order valence-corrected chi connectivity index (χ0v) is 11.5. The lowest BCUT2D eigenvalue weighted by Crippen LogP contribution is -2.26. The molecule has 8 heteroatoms. The van der Waals surface area contributed by atoms with Crippen LogP contribution in [0.15, 0.2) is 15.7 Å². The molecule has 0 fully saturated rings. The number of carbonyl (C=O) groups is 1. The fourth-order valence-electron chi connectivity index (χ4n) is 1.05. The molecule has 17 heavy (non-hydrogen) atoms. The molecule has 0 atom stereocenters. The second-order valence-corrected chi connectivity index (χ2v) is 6.75. The monoisotopic (exact) mass is 297 g/mol. The Morgan fingerprint density at radius 2 is 2.29 bits per heavy atom. The molecule has 1 aromatic rings. The number of carbonyl (C=O) groups excluding carboxylic acids is 1. The van der Waals surface area contributed by atoms with Gasteiger partial charge in [0.2, 0.25) is 0 Å². The maximum atomic E-state index is 11.6. The van der Waals surface area contributed by atoms with Crippen LogP contribution in [0.25, 0.3) is 0 Å². The van der Waals surface area contributed by atoms with Gasteiger partial charge < -0.3 is 10.1 Å². The summed E-state index contributed by atoms with van der Waals surface area (Å²) >= 11 is 0.917. The Kier molecular flexibility index (Phi) is 5.38. The van der Waals surface area contributed by atoms with Crippen molar-refractivity contribution in [2.24, 2.45) is 0 Å². The lowest BCUT2D eigenvalue weighted by Gasteiger charge is -2.03. The van der Waals surface area contributed by atoms with E-state index in [9.17, 15) is 13.2 Å². The first-order chi connectivity index (χ1) is 7.95. The first-order valence-corrected chi connectivity index (χ1v) is 8.03. The van der Waals surface area contributed by atoms with Crippen LogP contribution in [0, 0.1) is 0 Å². The summed E-state index contributed by atoms with van der Waals surface area (Å²) in [5.74, 6) is -0.340. The van der Waals surface area contributed by atoms with Gasteiger partial charge in [0, 0.05) is 29.2 Å². The lowest BCUT2D eigenvalue weighted by molar-refractivity contribution is 0.0923. The smallest absolute Gasteiger partial charge is 0.270 e. The number of rotatable bonds is 6. The largest absolute Gasteiger partial charge is 0.380 e. The summed E-state index contributed by atoms with van der Waals surface area (Å²) in [4.78, 5) is 11.6. The minimum Gasteiger partial charge on any atom is -0.380 e. The Morgan fingerprint density at radius 3 is 2.82 bits per heavy atom.